The summed E-state index contributed by atoms with van der Waals surface area (Å²) in [6.45, 7) is 2.21. The SMILES string of the molecule is CN=C(NCCCn1nc2n(c1=O)CCCC2)NC1CC2CCC1O2.I. The van der Waals surface area contributed by atoms with Crippen molar-refractivity contribution in [2.24, 2.45) is 4.99 Å². The zero-order valence-electron chi connectivity index (χ0n) is 15.3. The highest BCUT2D eigenvalue weighted by molar-refractivity contribution is 14.0. The lowest BCUT2D eigenvalue weighted by Gasteiger charge is -2.22. The van der Waals surface area contributed by atoms with Crippen molar-refractivity contribution < 1.29 is 4.74 Å². The van der Waals surface area contributed by atoms with Crippen LogP contribution in [0.3, 0.4) is 0 Å². The Hall–Kier alpha value is -1.10. The molecule has 146 valence electrons. The van der Waals surface area contributed by atoms with Crippen LogP contribution in [0.4, 0.5) is 0 Å². The Kier molecular flexibility index (Phi) is 6.60. The second-order valence-corrected chi connectivity index (χ2v) is 7.24. The van der Waals surface area contributed by atoms with Gasteiger partial charge in [-0.1, -0.05) is 0 Å². The van der Waals surface area contributed by atoms with Crippen LogP contribution in [0.25, 0.3) is 0 Å². The van der Waals surface area contributed by atoms with Gasteiger partial charge in [-0.3, -0.25) is 9.56 Å². The van der Waals surface area contributed by atoms with Crippen molar-refractivity contribution >= 4 is 29.9 Å². The van der Waals surface area contributed by atoms with Crippen molar-refractivity contribution in [2.75, 3.05) is 13.6 Å². The second-order valence-electron chi connectivity index (χ2n) is 7.24. The number of ether oxygens (including phenoxy) is 1. The van der Waals surface area contributed by atoms with E-state index in [1.165, 1.54) is 6.42 Å². The molecule has 2 saturated heterocycles. The molecule has 3 aliphatic heterocycles. The number of hydrogen-bond donors (Lipinski definition) is 2. The van der Waals surface area contributed by atoms with E-state index in [4.69, 9.17) is 4.74 Å². The predicted octanol–water partition coefficient (Wildman–Crippen LogP) is 0.874. The van der Waals surface area contributed by atoms with E-state index in [1.807, 2.05) is 4.57 Å². The first kappa shape index (κ1) is 19.7. The number of nitrogens with zero attached hydrogens (tertiary/aromatic N) is 4. The first-order valence-corrected chi connectivity index (χ1v) is 9.54. The van der Waals surface area contributed by atoms with Gasteiger partial charge in [0.05, 0.1) is 18.2 Å². The number of guanidine groups is 1. The highest BCUT2D eigenvalue weighted by atomic mass is 127. The van der Waals surface area contributed by atoms with Gasteiger partial charge in [0.15, 0.2) is 5.96 Å². The van der Waals surface area contributed by atoms with Gasteiger partial charge in [0.2, 0.25) is 0 Å². The number of halogens is 1. The minimum Gasteiger partial charge on any atom is -0.373 e. The molecule has 2 bridgehead atoms. The molecule has 2 fully saturated rings. The Labute approximate surface area is 170 Å². The van der Waals surface area contributed by atoms with Crippen molar-refractivity contribution in [3.8, 4) is 0 Å². The molecule has 0 amide bonds. The molecule has 26 heavy (non-hydrogen) atoms. The quantitative estimate of drug-likeness (QED) is 0.285. The normalized spacial score (nSPS) is 27.1. The highest BCUT2D eigenvalue weighted by Crippen LogP contribution is 2.34. The summed E-state index contributed by atoms with van der Waals surface area (Å²) >= 11 is 0. The second kappa shape index (κ2) is 8.73. The van der Waals surface area contributed by atoms with E-state index in [0.29, 0.717) is 24.8 Å². The molecule has 0 radical (unpaired) electrons. The molecule has 4 rings (SSSR count). The van der Waals surface area contributed by atoms with Gasteiger partial charge in [-0.15, -0.1) is 24.0 Å². The number of hydrogen-bond acceptors (Lipinski definition) is 4. The van der Waals surface area contributed by atoms with Gasteiger partial charge >= 0.3 is 5.69 Å². The number of fused-ring (bicyclic) bond motifs is 3. The lowest BCUT2D eigenvalue weighted by molar-refractivity contribution is 0.0992. The number of rotatable bonds is 5. The number of aromatic nitrogens is 3. The van der Waals surface area contributed by atoms with Crippen LogP contribution in [-0.2, 0) is 24.2 Å². The summed E-state index contributed by atoms with van der Waals surface area (Å²) < 4.78 is 9.31. The van der Waals surface area contributed by atoms with Gasteiger partial charge in [-0.05, 0) is 38.5 Å². The van der Waals surface area contributed by atoms with E-state index in [9.17, 15) is 4.79 Å². The van der Waals surface area contributed by atoms with Crippen molar-refractivity contribution in [1.82, 2.24) is 25.0 Å². The molecule has 1 aromatic rings. The molecule has 0 saturated carbocycles. The standard InChI is InChI=1S/C17H28N6O2.HI/c1-18-16(20-13-11-12-6-7-14(13)25-12)19-8-4-10-23-17(24)22-9-3-2-5-15(22)21-23;/h12-14H,2-11H2,1H3,(H2,18,19,20);1H. The van der Waals surface area contributed by atoms with E-state index >= 15 is 0 Å². The van der Waals surface area contributed by atoms with Crippen LogP contribution in [0.5, 0.6) is 0 Å². The van der Waals surface area contributed by atoms with Gasteiger partial charge in [0, 0.05) is 33.1 Å². The molecule has 0 aliphatic carbocycles. The fourth-order valence-electron chi connectivity index (χ4n) is 4.19. The number of aliphatic imine (C=N–C) groups is 1. The van der Waals surface area contributed by atoms with E-state index in [-0.39, 0.29) is 29.7 Å². The highest BCUT2D eigenvalue weighted by Gasteiger charge is 2.41. The summed E-state index contributed by atoms with van der Waals surface area (Å²) in [5.74, 6) is 1.76. The van der Waals surface area contributed by atoms with Gasteiger partial charge in [0.25, 0.3) is 0 Å². The van der Waals surface area contributed by atoms with Crippen molar-refractivity contribution in [1.29, 1.82) is 0 Å². The molecule has 1 aromatic heterocycles. The minimum absolute atomic E-state index is 0. The van der Waals surface area contributed by atoms with Gasteiger partial charge < -0.3 is 15.4 Å². The van der Waals surface area contributed by atoms with E-state index in [2.05, 4.69) is 20.7 Å². The molecule has 0 aromatic carbocycles. The van der Waals surface area contributed by atoms with E-state index < -0.39 is 0 Å². The fourth-order valence-corrected chi connectivity index (χ4v) is 4.19. The molecule has 3 aliphatic rings. The summed E-state index contributed by atoms with van der Waals surface area (Å²) in [6.07, 6.45) is 8.14. The zero-order chi connectivity index (χ0) is 17.2. The topological polar surface area (TPSA) is 85.5 Å². The average Bonchev–Trinajstić information content (AvgIpc) is 3.33. The molecule has 2 N–H and O–H groups in total. The van der Waals surface area contributed by atoms with Gasteiger partial charge in [-0.25, -0.2) is 9.48 Å². The number of aryl methyl sites for hydroxylation is 2. The summed E-state index contributed by atoms with van der Waals surface area (Å²) in [5.41, 5.74) is 0.0383. The third-order valence-electron chi connectivity index (χ3n) is 5.52. The molecule has 4 heterocycles. The van der Waals surface area contributed by atoms with Crippen molar-refractivity contribution in [3.05, 3.63) is 16.3 Å². The first-order chi connectivity index (χ1) is 12.2. The Balaban J connectivity index is 0.00000196. The third kappa shape index (κ3) is 4.08. The van der Waals surface area contributed by atoms with Crippen LogP contribution >= 0.6 is 24.0 Å². The van der Waals surface area contributed by atoms with Gasteiger partial charge in [0.1, 0.15) is 5.82 Å². The van der Waals surface area contributed by atoms with Crippen LogP contribution in [0.2, 0.25) is 0 Å². The maximum atomic E-state index is 12.3. The first-order valence-electron chi connectivity index (χ1n) is 9.54. The smallest absolute Gasteiger partial charge is 0.345 e. The fraction of sp³-hybridized carbons (Fsp3) is 0.824. The summed E-state index contributed by atoms with van der Waals surface area (Å²) in [7, 11) is 1.79. The lowest BCUT2D eigenvalue weighted by atomic mass is 9.96. The van der Waals surface area contributed by atoms with E-state index in [1.54, 1.807) is 11.7 Å². The van der Waals surface area contributed by atoms with Crippen LogP contribution in [0.15, 0.2) is 9.79 Å². The Morgan fingerprint density at radius 1 is 1.38 bits per heavy atom. The van der Waals surface area contributed by atoms with Crippen LogP contribution in [0, 0.1) is 0 Å². The third-order valence-corrected chi connectivity index (χ3v) is 5.52. The maximum Gasteiger partial charge on any atom is 0.345 e. The van der Waals surface area contributed by atoms with Crippen LogP contribution < -0.4 is 16.3 Å². The Morgan fingerprint density at radius 2 is 2.27 bits per heavy atom. The number of nitrogens with one attached hydrogen (secondary N) is 2. The largest absolute Gasteiger partial charge is 0.373 e. The Morgan fingerprint density at radius 3 is 2.96 bits per heavy atom. The van der Waals surface area contributed by atoms with Crippen LogP contribution in [0.1, 0.15) is 44.3 Å². The molecular weight excluding hydrogens is 447 g/mol. The van der Waals surface area contributed by atoms with Crippen LogP contribution in [-0.4, -0.2) is 52.1 Å². The summed E-state index contributed by atoms with van der Waals surface area (Å²) in [6, 6.07) is 0.368. The lowest BCUT2D eigenvalue weighted by Crippen LogP contribution is -2.47. The predicted molar refractivity (Wildman–Crippen MR) is 110 cm³/mol. The summed E-state index contributed by atoms with van der Waals surface area (Å²) in [4.78, 5) is 16.6. The monoisotopic (exact) mass is 476 g/mol. The average molecular weight is 476 g/mol. The Bertz CT molecular complexity index is 700. The molecule has 3 atom stereocenters. The van der Waals surface area contributed by atoms with Crippen molar-refractivity contribution in [2.45, 2.75) is 76.3 Å². The minimum atomic E-state index is 0. The molecule has 3 unspecified atom stereocenters. The molecule has 9 heteroatoms. The summed E-state index contributed by atoms with van der Waals surface area (Å²) in [5, 5.41) is 11.3. The van der Waals surface area contributed by atoms with E-state index in [0.717, 1.165) is 63.4 Å². The zero-order valence-corrected chi connectivity index (χ0v) is 17.6. The maximum absolute atomic E-state index is 12.3. The molecular formula is C17H29IN6O2. The van der Waals surface area contributed by atoms with Gasteiger partial charge in [-0.2, -0.15) is 5.10 Å². The van der Waals surface area contributed by atoms with Crippen molar-refractivity contribution in [3.63, 3.8) is 0 Å². The molecule has 8 nitrogen and oxygen atoms in total. The molecule has 0 spiro atoms.